The maximum atomic E-state index is 13.3. The summed E-state index contributed by atoms with van der Waals surface area (Å²) in [5.74, 6) is 0.946. The van der Waals surface area contributed by atoms with E-state index >= 15 is 0 Å². The van der Waals surface area contributed by atoms with Crippen molar-refractivity contribution >= 4 is 11.8 Å². The Hall–Kier alpha value is -1.99. The number of likely N-dealkylation sites (tertiary alicyclic amines) is 1. The number of hydrogen-bond acceptors (Lipinski definition) is 5. The first kappa shape index (κ1) is 21.2. The monoisotopic (exact) mass is 414 g/mol. The minimum atomic E-state index is 0.0976. The highest BCUT2D eigenvalue weighted by atomic mass is 16.5. The van der Waals surface area contributed by atoms with Crippen LogP contribution in [-0.2, 0) is 9.53 Å². The van der Waals surface area contributed by atoms with Gasteiger partial charge in [0, 0.05) is 70.5 Å². The zero-order valence-electron chi connectivity index (χ0n) is 18.3. The Morgan fingerprint density at radius 3 is 2.33 bits per heavy atom. The molecule has 30 heavy (non-hydrogen) atoms. The van der Waals surface area contributed by atoms with Crippen molar-refractivity contribution in [1.29, 1.82) is 0 Å². The average Bonchev–Trinajstić information content (AvgIpc) is 3.63. The van der Waals surface area contributed by atoms with E-state index in [-0.39, 0.29) is 17.7 Å². The van der Waals surface area contributed by atoms with Gasteiger partial charge in [0.2, 0.25) is 5.91 Å². The molecule has 3 aliphatic rings. The third kappa shape index (κ3) is 4.83. The molecule has 4 rings (SSSR count). The molecule has 1 aliphatic carbocycles. The van der Waals surface area contributed by atoms with Crippen LogP contribution in [0.1, 0.15) is 53.3 Å². The van der Waals surface area contributed by atoms with E-state index in [0.29, 0.717) is 5.91 Å². The van der Waals surface area contributed by atoms with Crippen molar-refractivity contribution in [2.45, 2.75) is 38.5 Å². The number of aromatic nitrogens is 1. The molecular formula is C23H34N4O3. The number of rotatable bonds is 6. The summed E-state index contributed by atoms with van der Waals surface area (Å²) in [4.78, 5) is 36.8. The van der Waals surface area contributed by atoms with Crippen LogP contribution in [0.5, 0.6) is 0 Å². The lowest BCUT2D eigenvalue weighted by atomic mass is 9.89. The lowest BCUT2D eigenvalue weighted by Crippen LogP contribution is -2.49. The second kappa shape index (κ2) is 9.43. The summed E-state index contributed by atoms with van der Waals surface area (Å²) in [7, 11) is 1.72. The lowest BCUT2D eigenvalue weighted by Gasteiger charge is -2.36. The Kier molecular flexibility index (Phi) is 6.68. The number of hydrogen-bond donors (Lipinski definition) is 0. The van der Waals surface area contributed by atoms with Gasteiger partial charge < -0.3 is 14.5 Å². The van der Waals surface area contributed by atoms with Gasteiger partial charge in [-0.25, -0.2) is 0 Å². The van der Waals surface area contributed by atoms with Crippen LogP contribution < -0.4 is 0 Å². The fraction of sp³-hybridized carbons (Fsp3) is 0.696. The van der Waals surface area contributed by atoms with Gasteiger partial charge in [0.05, 0.1) is 17.9 Å². The Morgan fingerprint density at radius 2 is 1.70 bits per heavy atom. The van der Waals surface area contributed by atoms with Gasteiger partial charge in [0.25, 0.3) is 5.91 Å². The number of nitrogens with zero attached hydrogens (tertiary/aromatic N) is 4. The quantitative estimate of drug-likeness (QED) is 0.711. The van der Waals surface area contributed by atoms with Gasteiger partial charge in [0.1, 0.15) is 0 Å². The fourth-order valence-electron chi connectivity index (χ4n) is 4.60. The third-order valence-corrected chi connectivity index (χ3v) is 6.69. The molecule has 2 aliphatic heterocycles. The van der Waals surface area contributed by atoms with E-state index in [1.165, 1.54) is 0 Å². The maximum Gasteiger partial charge on any atom is 0.255 e. The molecule has 2 saturated heterocycles. The van der Waals surface area contributed by atoms with Gasteiger partial charge >= 0.3 is 0 Å². The van der Waals surface area contributed by atoms with Crippen molar-refractivity contribution in [3.8, 4) is 0 Å². The average molecular weight is 415 g/mol. The van der Waals surface area contributed by atoms with Crippen LogP contribution in [0.25, 0.3) is 0 Å². The van der Waals surface area contributed by atoms with Gasteiger partial charge in [-0.05, 0) is 44.7 Å². The van der Waals surface area contributed by atoms with Crippen molar-refractivity contribution in [3.05, 3.63) is 29.1 Å². The zero-order chi connectivity index (χ0) is 21.1. The molecular weight excluding hydrogens is 380 g/mol. The van der Waals surface area contributed by atoms with Crippen molar-refractivity contribution in [2.75, 3.05) is 59.5 Å². The molecule has 0 N–H and O–H groups in total. The molecule has 0 atom stereocenters. The molecule has 0 spiro atoms. The summed E-state index contributed by atoms with van der Waals surface area (Å²) in [6.45, 7) is 8.42. The SMILES string of the molecule is COCCN1CCN(C(=O)c2ccc(C)nc2C2CCN(C(=O)C3CC3)CC2)CC1. The number of ether oxygens (including phenoxy) is 1. The van der Waals surface area contributed by atoms with Crippen molar-refractivity contribution in [3.63, 3.8) is 0 Å². The highest BCUT2D eigenvalue weighted by Crippen LogP contribution is 2.35. The predicted octanol–water partition coefficient (Wildman–Crippen LogP) is 1.91. The maximum absolute atomic E-state index is 13.3. The summed E-state index contributed by atoms with van der Waals surface area (Å²) < 4.78 is 5.17. The van der Waals surface area contributed by atoms with Crippen LogP contribution in [0.4, 0.5) is 0 Å². The van der Waals surface area contributed by atoms with Crippen molar-refractivity contribution < 1.29 is 14.3 Å². The van der Waals surface area contributed by atoms with E-state index in [1.807, 2.05) is 28.9 Å². The molecule has 7 nitrogen and oxygen atoms in total. The third-order valence-electron chi connectivity index (χ3n) is 6.69. The van der Waals surface area contributed by atoms with Crippen molar-refractivity contribution in [2.24, 2.45) is 5.92 Å². The number of amides is 2. The number of methoxy groups -OCH3 is 1. The number of piperidine rings is 1. The lowest BCUT2D eigenvalue weighted by molar-refractivity contribution is -0.133. The summed E-state index contributed by atoms with van der Waals surface area (Å²) in [6.07, 6.45) is 3.88. The first-order valence-corrected chi connectivity index (χ1v) is 11.3. The summed E-state index contributed by atoms with van der Waals surface area (Å²) in [5.41, 5.74) is 2.63. The second-order valence-electron chi connectivity index (χ2n) is 8.89. The number of carbonyl (C=O) groups excluding carboxylic acids is 2. The fourth-order valence-corrected chi connectivity index (χ4v) is 4.60. The van der Waals surface area contributed by atoms with Crippen LogP contribution in [0.2, 0.25) is 0 Å². The molecule has 3 heterocycles. The molecule has 0 radical (unpaired) electrons. The van der Waals surface area contributed by atoms with E-state index in [1.54, 1.807) is 7.11 Å². The summed E-state index contributed by atoms with van der Waals surface area (Å²) >= 11 is 0. The predicted molar refractivity (Wildman–Crippen MR) is 114 cm³/mol. The Balaban J connectivity index is 1.41. The molecule has 2 amide bonds. The minimum absolute atomic E-state index is 0.0976. The number of aryl methyl sites for hydroxylation is 1. The van der Waals surface area contributed by atoms with Crippen LogP contribution in [0.15, 0.2) is 12.1 Å². The van der Waals surface area contributed by atoms with E-state index in [2.05, 4.69) is 4.90 Å². The molecule has 0 aromatic carbocycles. The van der Waals surface area contributed by atoms with Crippen LogP contribution in [0, 0.1) is 12.8 Å². The largest absolute Gasteiger partial charge is 0.383 e. The second-order valence-corrected chi connectivity index (χ2v) is 8.89. The first-order chi connectivity index (χ1) is 14.6. The smallest absolute Gasteiger partial charge is 0.255 e. The summed E-state index contributed by atoms with van der Waals surface area (Å²) in [5, 5.41) is 0. The first-order valence-electron chi connectivity index (χ1n) is 11.3. The normalized spacial score (nSPS) is 21.1. The van der Waals surface area contributed by atoms with E-state index < -0.39 is 0 Å². The van der Waals surface area contributed by atoms with Crippen LogP contribution >= 0.6 is 0 Å². The van der Waals surface area contributed by atoms with Crippen molar-refractivity contribution in [1.82, 2.24) is 19.7 Å². The van der Waals surface area contributed by atoms with E-state index in [0.717, 1.165) is 95.1 Å². The van der Waals surface area contributed by atoms with Gasteiger partial charge in [-0.1, -0.05) is 0 Å². The molecule has 3 fully saturated rings. The topological polar surface area (TPSA) is 66.0 Å². The molecule has 1 aromatic rings. The number of piperazine rings is 1. The molecule has 1 aromatic heterocycles. The standard InChI is InChI=1S/C23H34N4O3/c1-17-3-6-20(23(29)27-13-11-25(12-14-27)15-16-30-2)21(24-17)18-7-9-26(10-8-18)22(28)19-4-5-19/h3,6,18-19H,4-5,7-16H2,1-2H3. The number of pyridine rings is 1. The van der Waals surface area contributed by atoms with Crippen LogP contribution in [0.3, 0.4) is 0 Å². The van der Waals surface area contributed by atoms with Gasteiger partial charge in [0.15, 0.2) is 0 Å². The number of carbonyl (C=O) groups is 2. The van der Waals surface area contributed by atoms with E-state index in [9.17, 15) is 9.59 Å². The Morgan fingerprint density at radius 1 is 1.00 bits per heavy atom. The van der Waals surface area contributed by atoms with E-state index in [4.69, 9.17) is 9.72 Å². The van der Waals surface area contributed by atoms with Gasteiger partial charge in [-0.15, -0.1) is 0 Å². The Bertz CT molecular complexity index is 764. The highest BCUT2D eigenvalue weighted by Gasteiger charge is 2.36. The minimum Gasteiger partial charge on any atom is -0.383 e. The molecule has 0 unspecified atom stereocenters. The molecule has 1 saturated carbocycles. The molecule has 164 valence electrons. The molecule has 0 bridgehead atoms. The van der Waals surface area contributed by atoms with Gasteiger partial charge in [-0.3, -0.25) is 19.5 Å². The van der Waals surface area contributed by atoms with Gasteiger partial charge in [-0.2, -0.15) is 0 Å². The highest BCUT2D eigenvalue weighted by molar-refractivity contribution is 5.95. The zero-order valence-corrected chi connectivity index (χ0v) is 18.3. The summed E-state index contributed by atoms with van der Waals surface area (Å²) in [6, 6.07) is 3.90. The Labute approximate surface area is 179 Å². The molecule has 7 heteroatoms. The van der Waals surface area contributed by atoms with Crippen LogP contribution in [-0.4, -0.2) is 91.0 Å².